The lowest BCUT2D eigenvalue weighted by atomic mass is 9.79. The van der Waals surface area contributed by atoms with Crippen LogP contribution in [0.25, 0.3) is 10.9 Å². The number of hydrogen-bond acceptors (Lipinski definition) is 2. The Kier molecular flexibility index (Phi) is 4.38. The SMILES string of the molecule is OCC1CCCCC1CNCc1cccc2[nH]ccc12. The molecular weight excluding hydrogens is 248 g/mol. The maximum Gasteiger partial charge on any atom is 0.0462 e. The molecule has 0 amide bonds. The van der Waals surface area contributed by atoms with Gasteiger partial charge < -0.3 is 15.4 Å². The van der Waals surface area contributed by atoms with Gasteiger partial charge in [0.05, 0.1) is 0 Å². The number of rotatable bonds is 5. The van der Waals surface area contributed by atoms with Gasteiger partial charge in [-0.3, -0.25) is 0 Å². The molecule has 3 rings (SSSR count). The average molecular weight is 272 g/mol. The summed E-state index contributed by atoms with van der Waals surface area (Å²) in [5.74, 6) is 1.14. The van der Waals surface area contributed by atoms with Crippen LogP contribution in [0.1, 0.15) is 31.2 Å². The van der Waals surface area contributed by atoms with Crippen LogP contribution < -0.4 is 5.32 Å². The number of hydrogen-bond donors (Lipinski definition) is 3. The standard InChI is InChI=1S/C17H24N2O/c20-12-15-5-2-1-4-13(15)10-18-11-14-6-3-7-17-16(14)8-9-19-17/h3,6-9,13,15,18-20H,1-2,4-5,10-12H2. The van der Waals surface area contributed by atoms with Gasteiger partial charge in [-0.1, -0.05) is 25.0 Å². The summed E-state index contributed by atoms with van der Waals surface area (Å²) < 4.78 is 0. The van der Waals surface area contributed by atoms with Crippen LogP contribution in [0.5, 0.6) is 0 Å². The maximum absolute atomic E-state index is 9.46. The van der Waals surface area contributed by atoms with E-state index in [-0.39, 0.29) is 0 Å². The van der Waals surface area contributed by atoms with Crippen LogP contribution in [0.2, 0.25) is 0 Å². The smallest absolute Gasteiger partial charge is 0.0462 e. The molecule has 1 aliphatic rings. The van der Waals surface area contributed by atoms with Gasteiger partial charge in [0, 0.05) is 30.3 Å². The van der Waals surface area contributed by atoms with Gasteiger partial charge in [-0.25, -0.2) is 0 Å². The molecule has 1 fully saturated rings. The Morgan fingerprint density at radius 2 is 2.00 bits per heavy atom. The van der Waals surface area contributed by atoms with E-state index in [0.717, 1.165) is 13.1 Å². The highest BCUT2D eigenvalue weighted by molar-refractivity contribution is 5.82. The van der Waals surface area contributed by atoms with E-state index in [4.69, 9.17) is 0 Å². The fourth-order valence-electron chi connectivity index (χ4n) is 3.49. The van der Waals surface area contributed by atoms with Crippen molar-refractivity contribution in [3.63, 3.8) is 0 Å². The van der Waals surface area contributed by atoms with Gasteiger partial charge in [-0.15, -0.1) is 0 Å². The topological polar surface area (TPSA) is 48.0 Å². The molecule has 1 aromatic carbocycles. The first-order valence-corrected chi connectivity index (χ1v) is 7.75. The van der Waals surface area contributed by atoms with Crippen LogP contribution in [0.4, 0.5) is 0 Å². The first-order valence-electron chi connectivity index (χ1n) is 7.75. The monoisotopic (exact) mass is 272 g/mol. The van der Waals surface area contributed by atoms with Crippen molar-refractivity contribution in [3.05, 3.63) is 36.0 Å². The molecule has 20 heavy (non-hydrogen) atoms. The molecule has 3 N–H and O–H groups in total. The first kappa shape index (κ1) is 13.7. The molecular formula is C17H24N2O. The molecule has 2 aromatic rings. The number of fused-ring (bicyclic) bond motifs is 1. The maximum atomic E-state index is 9.46. The summed E-state index contributed by atoms with van der Waals surface area (Å²) in [5, 5.41) is 14.4. The van der Waals surface area contributed by atoms with E-state index in [1.54, 1.807) is 0 Å². The average Bonchev–Trinajstić information content (AvgIpc) is 2.97. The Balaban J connectivity index is 1.58. The molecule has 0 saturated heterocycles. The van der Waals surface area contributed by atoms with Gasteiger partial charge in [0.15, 0.2) is 0 Å². The predicted molar refractivity (Wildman–Crippen MR) is 82.5 cm³/mol. The third-order valence-electron chi connectivity index (χ3n) is 4.71. The number of nitrogens with one attached hydrogen (secondary N) is 2. The zero-order valence-corrected chi connectivity index (χ0v) is 11.9. The lowest BCUT2D eigenvalue weighted by Crippen LogP contribution is -2.32. The van der Waals surface area contributed by atoms with E-state index < -0.39 is 0 Å². The van der Waals surface area contributed by atoms with E-state index >= 15 is 0 Å². The number of aliphatic hydroxyl groups excluding tert-OH is 1. The quantitative estimate of drug-likeness (QED) is 0.783. The molecule has 0 aliphatic heterocycles. The molecule has 1 saturated carbocycles. The lowest BCUT2D eigenvalue weighted by Gasteiger charge is -2.30. The molecule has 0 spiro atoms. The highest BCUT2D eigenvalue weighted by Crippen LogP contribution is 2.29. The van der Waals surface area contributed by atoms with Gasteiger partial charge in [0.25, 0.3) is 0 Å². The summed E-state index contributed by atoms with van der Waals surface area (Å²) in [6.45, 7) is 2.27. The van der Waals surface area contributed by atoms with Crippen LogP contribution in [0, 0.1) is 11.8 Å². The molecule has 1 aliphatic carbocycles. The number of aromatic nitrogens is 1. The molecule has 1 heterocycles. The molecule has 2 unspecified atom stereocenters. The van der Waals surface area contributed by atoms with Crippen molar-refractivity contribution in [2.45, 2.75) is 32.2 Å². The van der Waals surface area contributed by atoms with E-state index in [2.05, 4.69) is 34.6 Å². The van der Waals surface area contributed by atoms with Crippen molar-refractivity contribution in [1.82, 2.24) is 10.3 Å². The van der Waals surface area contributed by atoms with Crippen molar-refractivity contribution in [3.8, 4) is 0 Å². The number of aliphatic hydroxyl groups is 1. The highest BCUT2D eigenvalue weighted by atomic mass is 16.3. The summed E-state index contributed by atoms with van der Waals surface area (Å²) >= 11 is 0. The van der Waals surface area contributed by atoms with Crippen LogP contribution in [-0.2, 0) is 6.54 Å². The molecule has 2 atom stereocenters. The summed E-state index contributed by atoms with van der Waals surface area (Å²) in [4.78, 5) is 3.26. The van der Waals surface area contributed by atoms with E-state index in [1.165, 1.54) is 42.1 Å². The Labute approximate surface area is 120 Å². The van der Waals surface area contributed by atoms with Gasteiger partial charge in [0.2, 0.25) is 0 Å². The first-order chi connectivity index (χ1) is 9.88. The second-order valence-electron chi connectivity index (χ2n) is 5.97. The van der Waals surface area contributed by atoms with Crippen LogP contribution >= 0.6 is 0 Å². The molecule has 108 valence electrons. The zero-order valence-electron chi connectivity index (χ0n) is 11.9. The fourth-order valence-corrected chi connectivity index (χ4v) is 3.49. The third kappa shape index (κ3) is 2.89. The summed E-state index contributed by atoms with van der Waals surface area (Å²) in [5.41, 5.74) is 2.55. The lowest BCUT2D eigenvalue weighted by molar-refractivity contribution is 0.133. The van der Waals surface area contributed by atoms with Gasteiger partial charge >= 0.3 is 0 Å². The van der Waals surface area contributed by atoms with Crippen LogP contribution in [0.15, 0.2) is 30.5 Å². The molecule has 3 nitrogen and oxygen atoms in total. The molecule has 1 aromatic heterocycles. The third-order valence-corrected chi connectivity index (χ3v) is 4.71. The van der Waals surface area contributed by atoms with E-state index in [1.807, 2.05) is 6.20 Å². The minimum Gasteiger partial charge on any atom is -0.396 e. The molecule has 3 heteroatoms. The second-order valence-corrected chi connectivity index (χ2v) is 5.97. The Morgan fingerprint density at radius 1 is 1.15 bits per heavy atom. The van der Waals surface area contributed by atoms with Crippen molar-refractivity contribution < 1.29 is 5.11 Å². The van der Waals surface area contributed by atoms with Crippen molar-refractivity contribution in [2.75, 3.05) is 13.2 Å². The molecule has 0 radical (unpaired) electrons. The highest BCUT2D eigenvalue weighted by Gasteiger charge is 2.23. The Hall–Kier alpha value is -1.32. The van der Waals surface area contributed by atoms with E-state index in [9.17, 15) is 5.11 Å². The second kappa shape index (κ2) is 6.42. The van der Waals surface area contributed by atoms with Crippen LogP contribution in [0.3, 0.4) is 0 Å². The zero-order chi connectivity index (χ0) is 13.8. The normalized spacial score (nSPS) is 23.2. The Bertz CT molecular complexity index is 549. The number of benzene rings is 1. The minimum atomic E-state index is 0.347. The van der Waals surface area contributed by atoms with E-state index in [0.29, 0.717) is 18.4 Å². The van der Waals surface area contributed by atoms with Gasteiger partial charge in [0.1, 0.15) is 0 Å². The summed E-state index contributed by atoms with van der Waals surface area (Å²) in [6.07, 6.45) is 7.04. The number of aromatic amines is 1. The molecule has 0 bridgehead atoms. The predicted octanol–water partition coefficient (Wildman–Crippen LogP) is 3.06. The number of H-pyrrole nitrogens is 1. The largest absolute Gasteiger partial charge is 0.396 e. The van der Waals surface area contributed by atoms with Gasteiger partial charge in [-0.05, 0) is 48.9 Å². The minimum absolute atomic E-state index is 0.347. The fraction of sp³-hybridized carbons (Fsp3) is 0.529. The van der Waals surface area contributed by atoms with Crippen molar-refractivity contribution in [1.29, 1.82) is 0 Å². The van der Waals surface area contributed by atoms with Crippen LogP contribution in [-0.4, -0.2) is 23.2 Å². The summed E-state index contributed by atoms with van der Waals surface area (Å²) in [7, 11) is 0. The summed E-state index contributed by atoms with van der Waals surface area (Å²) in [6, 6.07) is 8.55. The Morgan fingerprint density at radius 3 is 2.85 bits per heavy atom. The van der Waals surface area contributed by atoms with Gasteiger partial charge in [-0.2, -0.15) is 0 Å². The van der Waals surface area contributed by atoms with Crippen molar-refractivity contribution in [2.24, 2.45) is 11.8 Å². The van der Waals surface area contributed by atoms with Crippen molar-refractivity contribution >= 4 is 10.9 Å².